The van der Waals surface area contributed by atoms with Gasteiger partial charge < -0.3 is 4.42 Å². The summed E-state index contributed by atoms with van der Waals surface area (Å²) >= 11 is 0. The molecule has 0 aliphatic rings. The first kappa shape index (κ1) is 18.2. The Kier molecular flexibility index (Phi) is 5.40. The average molecular weight is 358 g/mol. The fraction of sp³-hybridized carbons (Fsp3) is 0.400. The van der Waals surface area contributed by atoms with Gasteiger partial charge in [0.2, 0.25) is 0 Å². The second kappa shape index (κ2) is 7.72. The molecule has 2 heterocycles. The van der Waals surface area contributed by atoms with E-state index in [9.17, 15) is 14.0 Å². The maximum Gasteiger partial charge on any atom is 0.330 e. The largest absolute Gasteiger partial charge is 0.456 e. The van der Waals surface area contributed by atoms with Gasteiger partial charge in [-0.25, -0.2) is 9.18 Å². The Morgan fingerprint density at radius 1 is 1.04 bits per heavy atom. The molecule has 1 aromatic carbocycles. The van der Waals surface area contributed by atoms with E-state index in [4.69, 9.17) is 4.42 Å². The highest BCUT2D eigenvalue weighted by molar-refractivity contribution is 5.82. The summed E-state index contributed by atoms with van der Waals surface area (Å²) in [6.45, 7) is 4.98. The number of rotatable bonds is 7. The van der Waals surface area contributed by atoms with Crippen LogP contribution in [0.15, 0.2) is 44.5 Å². The number of hydrogen-bond donors (Lipinski definition) is 0. The van der Waals surface area contributed by atoms with Gasteiger partial charge in [-0.2, -0.15) is 0 Å². The number of unbranched alkanes of at least 4 members (excludes halogenated alkanes) is 2. The summed E-state index contributed by atoms with van der Waals surface area (Å²) in [5.41, 5.74) is 0.180. The van der Waals surface area contributed by atoms with Gasteiger partial charge in [0.15, 0.2) is 0 Å². The van der Waals surface area contributed by atoms with Crippen LogP contribution in [0.4, 0.5) is 4.39 Å². The summed E-state index contributed by atoms with van der Waals surface area (Å²) in [5.74, 6) is -0.00998. The molecule has 0 aliphatic carbocycles. The molecule has 0 saturated carbocycles. The lowest BCUT2D eigenvalue weighted by molar-refractivity contribution is 0.515. The van der Waals surface area contributed by atoms with Crippen LogP contribution in [0.3, 0.4) is 0 Å². The first-order chi connectivity index (χ1) is 12.5. The molecule has 6 heteroatoms. The van der Waals surface area contributed by atoms with Crippen LogP contribution in [0.5, 0.6) is 0 Å². The number of halogens is 1. The molecule has 0 spiro atoms. The van der Waals surface area contributed by atoms with Crippen LogP contribution in [-0.4, -0.2) is 9.13 Å². The Balaban J connectivity index is 2.17. The van der Waals surface area contributed by atoms with Crippen LogP contribution in [0.25, 0.3) is 22.3 Å². The van der Waals surface area contributed by atoms with E-state index in [2.05, 4.69) is 0 Å². The van der Waals surface area contributed by atoms with Crippen molar-refractivity contribution in [2.45, 2.75) is 52.6 Å². The first-order valence-corrected chi connectivity index (χ1v) is 9.09. The second-order valence-corrected chi connectivity index (χ2v) is 6.48. The number of fused-ring (bicyclic) bond motifs is 1. The minimum absolute atomic E-state index is 0.289. The Hall–Kier alpha value is -2.63. The summed E-state index contributed by atoms with van der Waals surface area (Å²) in [6, 6.07) is 5.87. The van der Waals surface area contributed by atoms with Crippen LogP contribution >= 0.6 is 0 Å². The molecule has 0 saturated heterocycles. The summed E-state index contributed by atoms with van der Waals surface area (Å²) in [6.07, 6.45) is 4.99. The molecular formula is C20H23FN2O3. The Morgan fingerprint density at radius 3 is 2.50 bits per heavy atom. The molecule has 0 aliphatic heterocycles. The van der Waals surface area contributed by atoms with E-state index in [1.54, 1.807) is 16.8 Å². The number of aryl methyl sites for hydroxylation is 1. The van der Waals surface area contributed by atoms with Gasteiger partial charge in [0.05, 0.1) is 5.56 Å². The summed E-state index contributed by atoms with van der Waals surface area (Å²) in [5, 5.41) is 0.589. The van der Waals surface area contributed by atoms with Crippen molar-refractivity contribution >= 4 is 11.0 Å². The molecule has 0 unspecified atom stereocenters. The SMILES string of the molecule is CCCCn1cc(-c2cc3cc(F)ccc3o2)c(=O)n(CCCC)c1=O. The predicted molar refractivity (Wildman–Crippen MR) is 99.9 cm³/mol. The van der Waals surface area contributed by atoms with E-state index in [1.165, 1.54) is 22.8 Å². The molecule has 5 nitrogen and oxygen atoms in total. The van der Waals surface area contributed by atoms with Gasteiger partial charge in [-0.3, -0.25) is 13.9 Å². The highest BCUT2D eigenvalue weighted by Crippen LogP contribution is 2.26. The zero-order valence-corrected chi connectivity index (χ0v) is 15.1. The smallest absolute Gasteiger partial charge is 0.330 e. The van der Waals surface area contributed by atoms with E-state index in [-0.39, 0.29) is 17.1 Å². The minimum Gasteiger partial charge on any atom is -0.456 e. The Morgan fingerprint density at radius 2 is 1.77 bits per heavy atom. The second-order valence-electron chi connectivity index (χ2n) is 6.48. The van der Waals surface area contributed by atoms with Crippen LogP contribution in [-0.2, 0) is 13.1 Å². The van der Waals surface area contributed by atoms with Crippen molar-refractivity contribution < 1.29 is 8.81 Å². The number of aromatic nitrogens is 2. The lowest BCUT2D eigenvalue weighted by Crippen LogP contribution is -2.40. The van der Waals surface area contributed by atoms with Gasteiger partial charge >= 0.3 is 5.69 Å². The van der Waals surface area contributed by atoms with E-state index < -0.39 is 0 Å². The minimum atomic E-state index is -0.365. The lowest BCUT2D eigenvalue weighted by Gasteiger charge is -2.11. The van der Waals surface area contributed by atoms with Gasteiger partial charge in [-0.1, -0.05) is 26.7 Å². The van der Waals surface area contributed by atoms with Crippen molar-refractivity contribution in [3.05, 3.63) is 57.1 Å². The highest BCUT2D eigenvalue weighted by Gasteiger charge is 2.16. The van der Waals surface area contributed by atoms with Gasteiger partial charge in [0.25, 0.3) is 5.56 Å². The zero-order valence-electron chi connectivity index (χ0n) is 15.1. The molecular weight excluding hydrogens is 335 g/mol. The van der Waals surface area contributed by atoms with Crippen molar-refractivity contribution in [3.63, 3.8) is 0 Å². The van der Waals surface area contributed by atoms with E-state index in [0.717, 1.165) is 25.7 Å². The Bertz CT molecular complexity index is 1030. The molecule has 26 heavy (non-hydrogen) atoms. The van der Waals surface area contributed by atoms with Crippen molar-refractivity contribution in [2.75, 3.05) is 0 Å². The molecule has 0 amide bonds. The van der Waals surface area contributed by atoms with E-state index in [1.807, 2.05) is 13.8 Å². The predicted octanol–water partition coefficient (Wildman–Crippen LogP) is 4.16. The number of furan rings is 1. The average Bonchev–Trinajstić information content (AvgIpc) is 3.03. The molecule has 0 atom stereocenters. The standard InChI is InChI=1S/C20H23FN2O3/c1-3-5-9-22-13-16(19(24)23(20(22)25)10-6-4-2)18-12-14-11-15(21)7-8-17(14)26-18/h7-8,11-13H,3-6,9-10H2,1-2H3. The molecule has 0 bridgehead atoms. The maximum atomic E-state index is 13.4. The fourth-order valence-electron chi connectivity index (χ4n) is 2.97. The third-order valence-electron chi connectivity index (χ3n) is 4.47. The molecule has 0 radical (unpaired) electrons. The number of benzene rings is 1. The number of nitrogens with zero attached hydrogens (tertiary/aromatic N) is 2. The third-order valence-corrected chi connectivity index (χ3v) is 4.47. The van der Waals surface area contributed by atoms with Crippen LogP contribution in [0.2, 0.25) is 0 Å². The van der Waals surface area contributed by atoms with Crippen LogP contribution in [0, 0.1) is 5.82 Å². The summed E-state index contributed by atoms with van der Waals surface area (Å²) in [7, 11) is 0. The maximum absolute atomic E-state index is 13.4. The topological polar surface area (TPSA) is 57.1 Å². The summed E-state index contributed by atoms with van der Waals surface area (Å²) < 4.78 is 22.0. The monoisotopic (exact) mass is 358 g/mol. The van der Waals surface area contributed by atoms with E-state index >= 15 is 0 Å². The van der Waals surface area contributed by atoms with Crippen LogP contribution in [0.1, 0.15) is 39.5 Å². The highest BCUT2D eigenvalue weighted by atomic mass is 19.1. The molecule has 3 aromatic rings. The molecule has 138 valence electrons. The van der Waals surface area contributed by atoms with Crippen LogP contribution < -0.4 is 11.2 Å². The van der Waals surface area contributed by atoms with E-state index in [0.29, 0.717) is 35.4 Å². The molecule has 0 N–H and O–H groups in total. The normalized spacial score (nSPS) is 11.3. The van der Waals surface area contributed by atoms with Crippen molar-refractivity contribution in [3.8, 4) is 11.3 Å². The first-order valence-electron chi connectivity index (χ1n) is 9.09. The number of hydrogen-bond acceptors (Lipinski definition) is 3. The van der Waals surface area contributed by atoms with Crippen molar-refractivity contribution in [2.24, 2.45) is 0 Å². The zero-order chi connectivity index (χ0) is 18.7. The third kappa shape index (κ3) is 3.49. The fourth-order valence-corrected chi connectivity index (χ4v) is 2.97. The summed E-state index contributed by atoms with van der Waals surface area (Å²) in [4.78, 5) is 25.5. The van der Waals surface area contributed by atoms with Gasteiger partial charge in [0, 0.05) is 24.7 Å². The van der Waals surface area contributed by atoms with Crippen molar-refractivity contribution in [1.29, 1.82) is 0 Å². The Labute approximate surface area is 150 Å². The molecule has 2 aromatic heterocycles. The van der Waals surface area contributed by atoms with Gasteiger partial charge in [-0.15, -0.1) is 0 Å². The van der Waals surface area contributed by atoms with Crippen molar-refractivity contribution in [1.82, 2.24) is 9.13 Å². The van der Waals surface area contributed by atoms with Gasteiger partial charge in [0.1, 0.15) is 17.2 Å². The quantitative estimate of drug-likeness (QED) is 0.637. The molecule has 0 fully saturated rings. The lowest BCUT2D eigenvalue weighted by atomic mass is 10.2. The molecule has 3 rings (SSSR count). The van der Waals surface area contributed by atoms with Gasteiger partial charge in [-0.05, 0) is 37.1 Å².